The van der Waals surface area contributed by atoms with Crippen LogP contribution < -0.4 is 4.90 Å². The summed E-state index contributed by atoms with van der Waals surface area (Å²) in [6.07, 6.45) is 2.75. The molecule has 2 aliphatic rings. The smallest absolute Gasteiger partial charge is 0.339 e. The van der Waals surface area contributed by atoms with Gasteiger partial charge in [-0.3, -0.25) is 9.59 Å². The Kier molecular flexibility index (Phi) is 2.81. The van der Waals surface area contributed by atoms with Gasteiger partial charge in [0.2, 0.25) is 11.8 Å². The Balaban J connectivity index is 2.03. The van der Waals surface area contributed by atoms with Crippen molar-refractivity contribution in [2.24, 2.45) is 17.8 Å². The molecule has 2 atom stereocenters. The molecule has 1 aromatic heterocycles. The molecule has 1 N–H and O–H groups in total. The van der Waals surface area contributed by atoms with E-state index in [9.17, 15) is 14.4 Å². The van der Waals surface area contributed by atoms with Gasteiger partial charge in [0, 0.05) is 6.20 Å². The van der Waals surface area contributed by atoms with Crippen molar-refractivity contribution in [2.45, 2.75) is 19.8 Å². The third-order valence-corrected chi connectivity index (χ3v) is 4.10. The van der Waals surface area contributed by atoms with E-state index in [1.807, 2.05) is 6.92 Å². The van der Waals surface area contributed by atoms with Crippen molar-refractivity contribution in [1.29, 1.82) is 0 Å². The average Bonchev–Trinajstić information content (AvgIpc) is 2.89. The van der Waals surface area contributed by atoms with Gasteiger partial charge in [-0.05, 0) is 30.9 Å². The van der Waals surface area contributed by atoms with Gasteiger partial charge in [-0.2, -0.15) is 0 Å². The molecule has 0 spiro atoms. The van der Waals surface area contributed by atoms with E-state index in [1.54, 1.807) is 0 Å². The first kappa shape index (κ1) is 12.8. The highest BCUT2D eigenvalue weighted by molar-refractivity contribution is 6.23. The zero-order valence-corrected chi connectivity index (χ0v) is 10.9. The van der Waals surface area contributed by atoms with Crippen LogP contribution in [-0.2, 0) is 9.59 Å². The number of carbonyl (C=O) groups excluding carboxylic acids is 2. The van der Waals surface area contributed by atoms with Gasteiger partial charge >= 0.3 is 5.97 Å². The van der Waals surface area contributed by atoms with E-state index in [-0.39, 0.29) is 35.0 Å². The fraction of sp³-hybridized carbons (Fsp3) is 0.429. The fourth-order valence-corrected chi connectivity index (χ4v) is 3.23. The summed E-state index contributed by atoms with van der Waals surface area (Å²) >= 11 is 0. The lowest BCUT2D eigenvalue weighted by atomic mass is 10.00. The number of imide groups is 1. The predicted molar refractivity (Wildman–Crippen MR) is 69.1 cm³/mol. The Labute approximate surface area is 115 Å². The first-order valence-corrected chi connectivity index (χ1v) is 6.56. The van der Waals surface area contributed by atoms with Gasteiger partial charge in [-0.15, -0.1) is 0 Å². The van der Waals surface area contributed by atoms with E-state index < -0.39 is 5.97 Å². The molecule has 2 fully saturated rings. The Bertz CT molecular complexity index is 589. The fourth-order valence-electron chi connectivity index (χ4n) is 3.23. The van der Waals surface area contributed by atoms with Crippen molar-refractivity contribution in [2.75, 3.05) is 4.90 Å². The summed E-state index contributed by atoms with van der Waals surface area (Å²) in [5.74, 6) is -2.17. The second-order valence-electron chi connectivity index (χ2n) is 5.48. The van der Waals surface area contributed by atoms with E-state index in [2.05, 4.69) is 4.98 Å². The Morgan fingerprint density at radius 2 is 1.90 bits per heavy atom. The second kappa shape index (κ2) is 4.40. The van der Waals surface area contributed by atoms with E-state index in [0.29, 0.717) is 18.8 Å². The monoisotopic (exact) mass is 274 g/mol. The molecule has 6 nitrogen and oxygen atoms in total. The minimum absolute atomic E-state index is 0.0583. The molecular formula is C14H14N2O4. The first-order valence-electron chi connectivity index (χ1n) is 6.56. The van der Waals surface area contributed by atoms with Crippen LogP contribution in [0.3, 0.4) is 0 Å². The van der Waals surface area contributed by atoms with E-state index in [4.69, 9.17) is 5.11 Å². The molecule has 1 aliphatic heterocycles. The molecule has 3 rings (SSSR count). The van der Waals surface area contributed by atoms with Crippen molar-refractivity contribution in [3.8, 4) is 0 Å². The maximum absolute atomic E-state index is 12.4. The van der Waals surface area contributed by atoms with Crippen LogP contribution in [0.2, 0.25) is 0 Å². The van der Waals surface area contributed by atoms with Crippen LogP contribution in [-0.4, -0.2) is 27.9 Å². The van der Waals surface area contributed by atoms with Gasteiger partial charge in [0.15, 0.2) is 5.82 Å². The molecule has 0 aromatic carbocycles. The molecule has 1 saturated carbocycles. The zero-order chi connectivity index (χ0) is 14.4. The number of fused-ring (bicyclic) bond motifs is 1. The van der Waals surface area contributed by atoms with Gasteiger partial charge in [0.05, 0.1) is 11.8 Å². The Morgan fingerprint density at radius 1 is 1.30 bits per heavy atom. The number of hydrogen-bond acceptors (Lipinski definition) is 4. The molecule has 2 unspecified atom stereocenters. The molecule has 104 valence electrons. The molecule has 0 radical (unpaired) electrons. The first-order chi connectivity index (χ1) is 9.50. The minimum Gasteiger partial charge on any atom is -0.478 e. The van der Waals surface area contributed by atoms with E-state index in [0.717, 1.165) is 4.90 Å². The predicted octanol–water partition coefficient (Wildman–Crippen LogP) is 1.32. The normalized spacial score (nSPS) is 28.9. The van der Waals surface area contributed by atoms with Gasteiger partial charge in [0.25, 0.3) is 0 Å². The van der Waals surface area contributed by atoms with Crippen LogP contribution in [0.5, 0.6) is 0 Å². The molecule has 1 aromatic rings. The number of amides is 2. The molecular weight excluding hydrogens is 260 g/mol. The van der Waals surface area contributed by atoms with Gasteiger partial charge < -0.3 is 5.11 Å². The van der Waals surface area contributed by atoms with Crippen molar-refractivity contribution in [1.82, 2.24) is 4.98 Å². The quantitative estimate of drug-likeness (QED) is 0.822. The summed E-state index contributed by atoms with van der Waals surface area (Å²) in [6.45, 7) is 2.02. The third-order valence-electron chi connectivity index (χ3n) is 4.10. The highest BCUT2D eigenvalue weighted by Gasteiger charge is 2.53. The van der Waals surface area contributed by atoms with Crippen LogP contribution >= 0.6 is 0 Å². The van der Waals surface area contributed by atoms with Gasteiger partial charge in [-0.25, -0.2) is 14.7 Å². The molecule has 6 heteroatoms. The minimum atomic E-state index is -1.20. The summed E-state index contributed by atoms with van der Waals surface area (Å²) in [4.78, 5) is 40.9. The number of carboxylic acids is 1. The maximum atomic E-state index is 12.4. The lowest BCUT2D eigenvalue weighted by Gasteiger charge is -2.17. The number of aromatic nitrogens is 1. The summed E-state index contributed by atoms with van der Waals surface area (Å²) in [5, 5.41) is 9.15. The molecule has 2 amide bonds. The van der Waals surface area contributed by atoms with E-state index >= 15 is 0 Å². The number of pyridine rings is 1. The topological polar surface area (TPSA) is 87.6 Å². The highest BCUT2D eigenvalue weighted by Crippen LogP contribution is 2.44. The molecule has 1 saturated heterocycles. The Morgan fingerprint density at radius 3 is 2.45 bits per heavy atom. The highest BCUT2D eigenvalue weighted by atomic mass is 16.4. The summed E-state index contributed by atoms with van der Waals surface area (Å²) in [6, 6.07) is 2.82. The third kappa shape index (κ3) is 1.71. The van der Waals surface area contributed by atoms with Gasteiger partial charge in [-0.1, -0.05) is 6.92 Å². The SMILES string of the molecule is CC1CC2C(=O)N(c3ncccc3C(=O)O)C(=O)C2C1. The number of rotatable bonds is 2. The van der Waals surface area contributed by atoms with Gasteiger partial charge in [0.1, 0.15) is 5.56 Å². The summed E-state index contributed by atoms with van der Waals surface area (Å²) < 4.78 is 0. The standard InChI is InChI=1S/C14H14N2O4/c1-7-5-9-10(6-7)13(18)16(12(9)17)11-8(14(19)20)3-2-4-15-11/h2-4,7,9-10H,5-6H2,1H3,(H,19,20). The maximum Gasteiger partial charge on any atom is 0.339 e. The van der Waals surface area contributed by atoms with Crippen molar-refractivity contribution in [3.63, 3.8) is 0 Å². The van der Waals surface area contributed by atoms with Crippen molar-refractivity contribution < 1.29 is 19.5 Å². The average molecular weight is 274 g/mol. The van der Waals surface area contributed by atoms with Crippen molar-refractivity contribution >= 4 is 23.6 Å². The van der Waals surface area contributed by atoms with Crippen LogP contribution in [0.1, 0.15) is 30.1 Å². The number of carbonyl (C=O) groups is 3. The number of carboxylic acid groups (broad SMARTS) is 1. The summed E-state index contributed by atoms with van der Waals surface area (Å²) in [7, 11) is 0. The molecule has 1 aliphatic carbocycles. The lowest BCUT2D eigenvalue weighted by Crippen LogP contribution is -2.34. The van der Waals surface area contributed by atoms with Crippen LogP contribution in [0.4, 0.5) is 5.82 Å². The zero-order valence-electron chi connectivity index (χ0n) is 10.9. The van der Waals surface area contributed by atoms with Crippen LogP contribution in [0.15, 0.2) is 18.3 Å². The number of nitrogens with zero attached hydrogens (tertiary/aromatic N) is 2. The molecule has 0 bridgehead atoms. The molecule has 2 heterocycles. The van der Waals surface area contributed by atoms with E-state index in [1.165, 1.54) is 18.3 Å². The number of hydrogen-bond donors (Lipinski definition) is 1. The number of aromatic carboxylic acids is 1. The lowest BCUT2D eigenvalue weighted by molar-refractivity contribution is -0.123. The van der Waals surface area contributed by atoms with Crippen LogP contribution in [0, 0.1) is 17.8 Å². The largest absolute Gasteiger partial charge is 0.478 e. The molecule has 20 heavy (non-hydrogen) atoms. The summed E-state index contributed by atoms with van der Waals surface area (Å²) in [5.41, 5.74) is -0.123. The number of anilines is 1. The van der Waals surface area contributed by atoms with Crippen molar-refractivity contribution in [3.05, 3.63) is 23.9 Å². The van der Waals surface area contributed by atoms with Crippen LogP contribution in [0.25, 0.3) is 0 Å². The second-order valence-corrected chi connectivity index (χ2v) is 5.48. The Hall–Kier alpha value is -2.24.